The van der Waals surface area contributed by atoms with Gasteiger partial charge in [-0.2, -0.15) is 0 Å². The standard InChI is InChI=1S/C18H18ClFN4O5S/c1-18(14(25)28-4)6-5-12(21-29-18)9-7-13(11(20)8-10(9)19)24-15(26)22(2)17(30)23(3)16(24)27/h7-8H,5-6H2,1-4H3. The predicted octanol–water partition coefficient (Wildman–Crippen LogP) is 1.84. The van der Waals surface area contributed by atoms with Gasteiger partial charge in [0.05, 0.1) is 23.5 Å². The number of halogens is 2. The number of methoxy groups -OCH3 is 1. The van der Waals surface area contributed by atoms with Crippen LogP contribution in [0, 0.1) is 10.6 Å². The molecule has 0 radical (unpaired) electrons. The number of ether oxygens (including phenoxy) is 1. The lowest BCUT2D eigenvalue weighted by Gasteiger charge is -2.28. The van der Waals surface area contributed by atoms with Crippen LogP contribution in [0.3, 0.4) is 0 Å². The van der Waals surface area contributed by atoms with Crippen molar-refractivity contribution in [3.63, 3.8) is 0 Å². The number of carbonyl (C=O) groups excluding carboxylic acids is 1. The monoisotopic (exact) mass is 456 g/mol. The summed E-state index contributed by atoms with van der Waals surface area (Å²) in [7, 11) is 4.00. The molecule has 1 aliphatic heterocycles. The van der Waals surface area contributed by atoms with Gasteiger partial charge in [-0.05, 0) is 37.7 Å². The fourth-order valence-corrected chi connectivity index (χ4v) is 3.47. The Morgan fingerprint density at radius 1 is 1.30 bits per heavy atom. The molecule has 2 heterocycles. The molecular formula is C18H18ClFN4O5S. The highest BCUT2D eigenvalue weighted by atomic mass is 35.5. The van der Waals surface area contributed by atoms with Crippen molar-refractivity contribution < 1.29 is 18.8 Å². The molecule has 3 rings (SSSR count). The van der Waals surface area contributed by atoms with Crippen LogP contribution < -0.4 is 11.4 Å². The number of carbonyl (C=O) groups is 1. The zero-order chi connectivity index (χ0) is 22.4. The van der Waals surface area contributed by atoms with E-state index in [4.69, 9.17) is 33.4 Å². The summed E-state index contributed by atoms with van der Waals surface area (Å²) in [5.41, 5.74) is -2.59. The minimum Gasteiger partial charge on any atom is -0.466 e. The van der Waals surface area contributed by atoms with Crippen molar-refractivity contribution in [3.8, 4) is 5.69 Å². The van der Waals surface area contributed by atoms with Crippen LogP contribution in [-0.2, 0) is 28.5 Å². The van der Waals surface area contributed by atoms with Gasteiger partial charge in [-0.25, -0.2) is 23.3 Å². The molecule has 0 saturated carbocycles. The van der Waals surface area contributed by atoms with Crippen LogP contribution in [0.5, 0.6) is 0 Å². The van der Waals surface area contributed by atoms with Gasteiger partial charge in [0.1, 0.15) is 5.82 Å². The first-order valence-electron chi connectivity index (χ1n) is 8.74. The first kappa shape index (κ1) is 21.9. The number of hydrogen-bond acceptors (Lipinski definition) is 7. The minimum absolute atomic E-state index is 0.00871. The molecule has 0 bridgehead atoms. The third kappa shape index (κ3) is 3.47. The van der Waals surface area contributed by atoms with Crippen molar-refractivity contribution in [2.24, 2.45) is 19.3 Å². The topological polar surface area (TPSA) is 96.8 Å². The van der Waals surface area contributed by atoms with Crippen LogP contribution in [0.15, 0.2) is 26.9 Å². The van der Waals surface area contributed by atoms with Gasteiger partial charge >= 0.3 is 17.3 Å². The Morgan fingerprint density at radius 2 is 1.90 bits per heavy atom. The predicted molar refractivity (Wildman–Crippen MR) is 109 cm³/mol. The third-order valence-corrected chi connectivity index (χ3v) is 5.79. The van der Waals surface area contributed by atoms with Crippen molar-refractivity contribution >= 4 is 35.5 Å². The number of nitrogens with zero attached hydrogens (tertiary/aromatic N) is 4. The largest absolute Gasteiger partial charge is 0.466 e. The Labute approximate surface area is 179 Å². The van der Waals surface area contributed by atoms with E-state index < -0.39 is 28.8 Å². The zero-order valence-corrected chi connectivity index (χ0v) is 18.1. The maximum atomic E-state index is 14.7. The van der Waals surface area contributed by atoms with Crippen molar-refractivity contribution in [1.29, 1.82) is 0 Å². The molecule has 0 N–H and O–H groups in total. The first-order chi connectivity index (χ1) is 14.0. The zero-order valence-electron chi connectivity index (χ0n) is 16.6. The maximum absolute atomic E-state index is 14.7. The van der Waals surface area contributed by atoms with E-state index in [-0.39, 0.29) is 33.9 Å². The molecule has 1 aromatic heterocycles. The normalized spacial score (nSPS) is 18.5. The summed E-state index contributed by atoms with van der Waals surface area (Å²) in [6.07, 6.45) is 0.505. The summed E-state index contributed by atoms with van der Waals surface area (Å²) in [4.78, 5) is 42.4. The Kier molecular flexibility index (Phi) is 5.70. The molecular weight excluding hydrogens is 439 g/mol. The summed E-state index contributed by atoms with van der Waals surface area (Å²) < 4.78 is 22.2. The van der Waals surface area contributed by atoms with Crippen molar-refractivity contribution in [2.75, 3.05) is 7.11 Å². The lowest BCUT2D eigenvalue weighted by Crippen LogP contribution is -2.44. The molecule has 160 valence electrons. The van der Waals surface area contributed by atoms with Crippen LogP contribution in [0.1, 0.15) is 25.3 Å². The van der Waals surface area contributed by atoms with E-state index in [1.165, 1.54) is 34.2 Å². The van der Waals surface area contributed by atoms with Gasteiger partial charge in [0.25, 0.3) is 0 Å². The highest BCUT2D eigenvalue weighted by molar-refractivity contribution is 7.71. The number of oxime groups is 1. The molecule has 1 unspecified atom stereocenters. The molecule has 9 nitrogen and oxygen atoms in total. The maximum Gasteiger partial charge on any atom is 0.352 e. The second-order valence-electron chi connectivity index (χ2n) is 6.94. The van der Waals surface area contributed by atoms with E-state index in [9.17, 15) is 18.8 Å². The van der Waals surface area contributed by atoms with Gasteiger partial charge in [-0.1, -0.05) is 16.8 Å². The van der Waals surface area contributed by atoms with Crippen LogP contribution in [0.2, 0.25) is 5.02 Å². The van der Waals surface area contributed by atoms with E-state index in [2.05, 4.69) is 5.16 Å². The minimum atomic E-state index is -1.26. The summed E-state index contributed by atoms with van der Waals surface area (Å²) in [6.45, 7) is 1.54. The fourth-order valence-electron chi connectivity index (χ4n) is 3.05. The molecule has 2 aromatic rings. The lowest BCUT2D eigenvalue weighted by atomic mass is 9.94. The molecule has 1 atom stereocenters. The van der Waals surface area contributed by atoms with Crippen molar-refractivity contribution in [1.82, 2.24) is 13.7 Å². The molecule has 30 heavy (non-hydrogen) atoms. The van der Waals surface area contributed by atoms with E-state index in [1.807, 2.05) is 0 Å². The molecule has 1 aliphatic rings. The molecule has 0 saturated heterocycles. The Hall–Kier alpha value is -2.79. The number of esters is 1. The van der Waals surface area contributed by atoms with Gasteiger partial charge in [-0.3, -0.25) is 9.13 Å². The van der Waals surface area contributed by atoms with Crippen molar-refractivity contribution in [3.05, 3.63) is 54.3 Å². The number of rotatable bonds is 3. The Balaban J connectivity index is 2.17. The van der Waals surface area contributed by atoms with Gasteiger partial charge in [0.15, 0.2) is 4.77 Å². The average molecular weight is 457 g/mol. The second kappa shape index (κ2) is 7.80. The van der Waals surface area contributed by atoms with Crippen molar-refractivity contribution in [2.45, 2.75) is 25.4 Å². The van der Waals surface area contributed by atoms with Gasteiger partial charge in [-0.15, -0.1) is 0 Å². The molecule has 0 amide bonds. The van der Waals surface area contributed by atoms with E-state index in [1.54, 1.807) is 0 Å². The summed E-state index contributed by atoms with van der Waals surface area (Å²) in [5.74, 6) is -1.46. The fraction of sp³-hybridized carbons (Fsp3) is 0.389. The van der Waals surface area contributed by atoms with E-state index in [0.717, 1.165) is 15.2 Å². The van der Waals surface area contributed by atoms with Gasteiger partial charge < -0.3 is 9.57 Å². The second-order valence-corrected chi connectivity index (χ2v) is 7.71. The number of aromatic nitrogens is 3. The smallest absolute Gasteiger partial charge is 0.352 e. The molecule has 0 fully saturated rings. The number of hydrogen-bond donors (Lipinski definition) is 0. The van der Waals surface area contributed by atoms with Crippen LogP contribution >= 0.6 is 23.8 Å². The molecule has 0 aliphatic carbocycles. The first-order valence-corrected chi connectivity index (χ1v) is 9.52. The summed E-state index contributed by atoms with van der Waals surface area (Å²) in [5, 5.41) is 3.97. The quantitative estimate of drug-likeness (QED) is 0.516. The van der Waals surface area contributed by atoms with Gasteiger partial charge in [0, 0.05) is 26.1 Å². The third-order valence-electron chi connectivity index (χ3n) is 4.93. The van der Waals surface area contributed by atoms with Crippen LogP contribution in [0.25, 0.3) is 5.69 Å². The van der Waals surface area contributed by atoms with E-state index in [0.29, 0.717) is 10.3 Å². The number of benzene rings is 1. The summed E-state index contributed by atoms with van der Waals surface area (Å²) in [6, 6.07) is 2.23. The highest BCUT2D eigenvalue weighted by Crippen LogP contribution is 2.30. The molecule has 12 heteroatoms. The highest BCUT2D eigenvalue weighted by Gasteiger charge is 2.40. The Bertz CT molecular complexity index is 1220. The lowest BCUT2D eigenvalue weighted by molar-refractivity contribution is -0.169. The Morgan fingerprint density at radius 3 is 2.40 bits per heavy atom. The molecule has 1 aromatic carbocycles. The van der Waals surface area contributed by atoms with Crippen LogP contribution in [0.4, 0.5) is 4.39 Å². The summed E-state index contributed by atoms with van der Waals surface area (Å²) >= 11 is 11.2. The van der Waals surface area contributed by atoms with E-state index >= 15 is 0 Å². The SMILES string of the molecule is COC(=O)C1(C)CCC(c2cc(-n3c(=O)n(C)c(=S)n(C)c3=O)c(F)cc2Cl)=NO1. The van der Waals surface area contributed by atoms with Gasteiger partial charge in [0.2, 0.25) is 5.60 Å². The molecule has 0 spiro atoms. The average Bonchev–Trinajstić information content (AvgIpc) is 2.72. The van der Waals surface area contributed by atoms with Crippen LogP contribution in [-0.4, -0.2) is 38.1 Å².